The largest absolute Gasteiger partial charge is 0.464 e. The summed E-state index contributed by atoms with van der Waals surface area (Å²) in [7, 11) is 0. The first-order valence-corrected chi connectivity index (χ1v) is 12.9. The molecule has 214 valence electrons. The van der Waals surface area contributed by atoms with Crippen LogP contribution in [0.2, 0.25) is 10.0 Å². The second kappa shape index (κ2) is 12.2. The molecule has 0 saturated carbocycles. The van der Waals surface area contributed by atoms with Gasteiger partial charge in [0.05, 0.1) is 46.0 Å². The van der Waals surface area contributed by atoms with Gasteiger partial charge < -0.3 is 14.8 Å². The van der Waals surface area contributed by atoms with Gasteiger partial charge in [-0.3, -0.25) is 14.2 Å². The highest BCUT2D eigenvalue weighted by Gasteiger charge is 2.30. The van der Waals surface area contributed by atoms with Crippen molar-refractivity contribution in [2.75, 3.05) is 6.61 Å². The summed E-state index contributed by atoms with van der Waals surface area (Å²) >= 11 is 12.7. The number of nitrogens with one attached hydrogen (secondary N) is 1. The van der Waals surface area contributed by atoms with Crippen molar-refractivity contribution in [3.63, 3.8) is 0 Å². The van der Waals surface area contributed by atoms with Gasteiger partial charge in [0.25, 0.3) is 11.5 Å². The Morgan fingerprint density at radius 1 is 1.07 bits per heavy atom. The molecule has 8 nitrogen and oxygen atoms in total. The molecule has 13 heteroatoms. The summed E-state index contributed by atoms with van der Waals surface area (Å²) in [6.07, 6.45) is -3.26. The smallest absolute Gasteiger partial charge is 0.416 e. The summed E-state index contributed by atoms with van der Waals surface area (Å²) in [6.45, 7) is 3.19. The number of carbonyl (C=O) groups is 2. The van der Waals surface area contributed by atoms with Crippen LogP contribution < -0.4 is 15.6 Å². The number of aromatic nitrogens is 2. The van der Waals surface area contributed by atoms with Gasteiger partial charge in [-0.25, -0.2) is 9.78 Å². The Labute approximate surface area is 241 Å². The van der Waals surface area contributed by atoms with Gasteiger partial charge in [0.1, 0.15) is 11.8 Å². The van der Waals surface area contributed by atoms with E-state index in [2.05, 4.69) is 10.3 Å². The zero-order valence-corrected chi connectivity index (χ0v) is 23.1. The van der Waals surface area contributed by atoms with Gasteiger partial charge in [-0.2, -0.15) is 13.2 Å². The van der Waals surface area contributed by atoms with Crippen LogP contribution in [-0.2, 0) is 22.3 Å². The number of ether oxygens (including phenoxy) is 2. The highest BCUT2D eigenvalue weighted by molar-refractivity contribution is 6.37. The molecule has 41 heavy (non-hydrogen) atoms. The van der Waals surface area contributed by atoms with E-state index in [9.17, 15) is 27.6 Å². The van der Waals surface area contributed by atoms with Crippen molar-refractivity contribution in [3.05, 3.63) is 98.0 Å². The molecule has 1 heterocycles. The molecule has 4 aromatic rings. The molecular weight excluding hydrogens is 586 g/mol. The fourth-order valence-electron chi connectivity index (χ4n) is 3.87. The minimum absolute atomic E-state index is 0.0102. The Morgan fingerprint density at radius 2 is 1.78 bits per heavy atom. The highest BCUT2D eigenvalue weighted by atomic mass is 35.5. The number of carbonyl (C=O) groups excluding carboxylic acids is 2. The van der Waals surface area contributed by atoms with Crippen molar-refractivity contribution in [1.29, 1.82) is 0 Å². The second-order valence-electron chi connectivity index (χ2n) is 8.87. The van der Waals surface area contributed by atoms with Gasteiger partial charge in [0.2, 0.25) is 0 Å². The lowest BCUT2D eigenvalue weighted by Crippen LogP contribution is -2.39. The van der Waals surface area contributed by atoms with E-state index in [0.29, 0.717) is 5.56 Å². The minimum Gasteiger partial charge on any atom is -0.464 e. The molecule has 0 aliphatic heterocycles. The summed E-state index contributed by atoms with van der Waals surface area (Å²) in [6, 6.07) is 10.9. The van der Waals surface area contributed by atoms with Crippen molar-refractivity contribution >= 4 is 46.0 Å². The van der Waals surface area contributed by atoms with E-state index in [4.69, 9.17) is 32.7 Å². The van der Waals surface area contributed by atoms with Gasteiger partial charge in [-0.1, -0.05) is 35.3 Å². The van der Waals surface area contributed by atoms with Crippen molar-refractivity contribution in [1.82, 2.24) is 14.9 Å². The number of halogens is 5. The summed E-state index contributed by atoms with van der Waals surface area (Å²) in [5.74, 6) is -0.917. The Hall–Kier alpha value is -4.09. The number of benzene rings is 3. The molecule has 0 aliphatic rings. The van der Waals surface area contributed by atoms with Crippen LogP contribution in [0.25, 0.3) is 10.9 Å². The molecule has 3 aromatic carbocycles. The maximum Gasteiger partial charge on any atom is 0.416 e. The average molecular weight is 608 g/mol. The third-order valence-electron chi connectivity index (χ3n) is 5.87. The Balaban J connectivity index is 1.53. The first-order chi connectivity index (χ1) is 19.4. The first-order valence-electron chi connectivity index (χ1n) is 12.2. The molecular formula is C28H22Cl2F3N3O5. The molecule has 0 aliphatic carbocycles. The third-order valence-corrected chi connectivity index (χ3v) is 6.43. The molecule has 0 bridgehead atoms. The van der Waals surface area contributed by atoms with Gasteiger partial charge in [-0.05, 0) is 55.8 Å². The van der Waals surface area contributed by atoms with E-state index < -0.39 is 35.2 Å². The molecule has 1 amide bonds. The maximum atomic E-state index is 13.0. The van der Waals surface area contributed by atoms with Crippen LogP contribution in [0.3, 0.4) is 0 Å². The molecule has 0 saturated heterocycles. The predicted octanol–water partition coefficient (Wildman–Crippen LogP) is 6.24. The fraction of sp³-hybridized carbons (Fsp3) is 0.214. The van der Waals surface area contributed by atoms with Crippen LogP contribution in [0.1, 0.15) is 35.3 Å². The SMILES string of the molecule is CCOC(=O)[C@H](C)NC(=O)c1cc(Cl)c(Oc2ccc3c(=O)n(Cc4cccc(C(F)(F)F)c4)cnc3c2)c(Cl)c1. The van der Waals surface area contributed by atoms with Gasteiger partial charge in [0, 0.05) is 11.6 Å². The molecule has 0 unspecified atom stereocenters. The third kappa shape index (κ3) is 6.98. The second-order valence-corrected chi connectivity index (χ2v) is 9.69. The van der Waals surface area contributed by atoms with Crippen molar-refractivity contribution < 1.29 is 32.2 Å². The quantitative estimate of drug-likeness (QED) is 0.238. The van der Waals surface area contributed by atoms with E-state index in [0.717, 1.165) is 12.1 Å². The number of hydrogen-bond donors (Lipinski definition) is 1. The molecule has 0 spiro atoms. The average Bonchev–Trinajstić information content (AvgIpc) is 2.92. The Morgan fingerprint density at radius 3 is 2.44 bits per heavy atom. The predicted molar refractivity (Wildman–Crippen MR) is 147 cm³/mol. The zero-order chi connectivity index (χ0) is 29.9. The lowest BCUT2D eigenvalue weighted by atomic mass is 10.1. The van der Waals surface area contributed by atoms with Gasteiger partial charge in [-0.15, -0.1) is 0 Å². The van der Waals surface area contributed by atoms with E-state index in [-0.39, 0.29) is 51.2 Å². The lowest BCUT2D eigenvalue weighted by molar-refractivity contribution is -0.145. The zero-order valence-electron chi connectivity index (χ0n) is 21.6. The van der Waals surface area contributed by atoms with Crippen LogP contribution in [0, 0.1) is 0 Å². The van der Waals surface area contributed by atoms with Crippen LogP contribution in [-0.4, -0.2) is 34.1 Å². The number of esters is 1. The molecule has 1 aromatic heterocycles. The summed E-state index contributed by atoms with van der Waals surface area (Å²) in [5.41, 5.74) is -0.619. The van der Waals surface area contributed by atoms with Gasteiger partial charge in [0.15, 0.2) is 5.75 Å². The van der Waals surface area contributed by atoms with Crippen LogP contribution in [0.15, 0.2) is 65.7 Å². The maximum absolute atomic E-state index is 13.0. The van der Waals surface area contributed by atoms with Crippen molar-refractivity contribution in [3.8, 4) is 11.5 Å². The number of hydrogen-bond acceptors (Lipinski definition) is 6. The minimum atomic E-state index is -4.50. The molecule has 0 fully saturated rings. The monoisotopic (exact) mass is 607 g/mol. The van der Waals surface area contributed by atoms with E-state index >= 15 is 0 Å². The van der Waals surface area contributed by atoms with E-state index in [1.807, 2.05) is 0 Å². The number of fused-ring (bicyclic) bond motifs is 1. The van der Waals surface area contributed by atoms with Gasteiger partial charge >= 0.3 is 12.1 Å². The van der Waals surface area contributed by atoms with Crippen molar-refractivity contribution in [2.24, 2.45) is 0 Å². The van der Waals surface area contributed by atoms with Crippen LogP contribution in [0.4, 0.5) is 13.2 Å². The van der Waals surface area contributed by atoms with Crippen LogP contribution in [0.5, 0.6) is 11.5 Å². The normalized spacial score (nSPS) is 12.2. The summed E-state index contributed by atoms with van der Waals surface area (Å²) in [4.78, 5) is 41.6. The summed E-state index contributed by atoms with van der Waals surface area (Å²) < 4.78 is 51.0. The summed E-state index contributed by atoms with van der Waals surface area (Å²) in [5, 5.41) is 2.73. The number of rotatable bonds is 8. The first kappa shape index (κ1) is 29.9. The standard InChI is InChI=1S/C28H22Cl2F3N3O5/c1-3-40-27(39)15(2)35-25(37)17-10-21(29)24(22(30)11-17)41-19-7-8-20-23(12-19)34-14-36(26(20)38)13-16-5-4-6-18(9-16)28(31,32)33/h4-12,14-15H,3,13H2,1-2H3,(H,35,37)/t15-/m0/s1. The lowest BCUT2D eigenvalue weighted by Gasteiger charge is -2.15. The molecule has 1 N–H and O–H groups in total. The molecule has 4 rings (SSSR count). The molecule has 1 atom stereocenters. The number of alkyl halides is 3. The number of nitrogens with zero attached hydrogens (tertiary/aromatic N) is 2. The molecule has 0 radical (unpaired) electrons. The highest BCUT2D eigenvalue weighted by Crippen LogP contribution is 2.38. The Bertz CT molecular complexity index is 1670. The van der Waals surface area contributed by atoms with Crippen LogP contribution >= 0.6 is 23.2 Å². The topological polar surface area (TPSA) is 99.5 Å². The van der Waals surface area contributed by atoms with Crippen molar-refractivity contribution in [2.45, 2.75) is 32.6 Å². The van der Waals surface area contributed by atoms with E-state index in [1.165, 1.54) is 60.3 Å². The number of amides is 1. The van der Waals surface area contributed by atoms with E-state index in [1.54, 1.807) is 6.92 Å². The fourth-order valence-corrected chi connectivity index (χ4v) is 4.43. The Kier molecular flexibility index (Phi) is 8.89.